The standard InChI is InChI=1S/C19H22ClN5S/c1-13-11-21-6-8-25(13)9-7-22-19-23-12-15(20)18(24-19)17-10-14-4-2-3-5-16(14)26-17/h2-5,10,12-13,21H,6-9,11H2,1H3,(H,22,23,24)/t13-/m1/s1. The van der Waals surface area contributed by atoms with Gasteiger partial charge in [-0.2, -0.15) is 0 Å². The van der Waals surface area contributed by atoms with Crippen molar-refractivity contribution in [3.8, 4) is 10.6 Å². The van der Waals surface area contributed by atoms with Crippen molar-refractivity contribution in [3.05, 3.63) is 41.6 Å². The van der Waals surface area contributed by atoms with Crippen molar-refractivity contribution in [2.45, 2.75) is 13.0 Å². The quantitative estimate of drug-likeness (QED) is 0.698. The maximum absolute atomic E-state index is 6.37. The van der Waals surface area contributed by atoms with Crippen LogP contribution in [0.1, 0.15) is 6.92 Å². The SMILES string of the molecule is C[C@@H]1CNCCN1CCNc1ncc(Cl)c(-c2cc3ccccc3s2)n1. The van der Waals surface area contributed by atoms with Crippen LogP contribution >= 0.6 is 22.9 Å². The summed E-state index contributed by atoms with van der Waals surface area (Å²) >= 11 is 8.07. The summed E-state index contributed by atoms with van der Waals surface area (Å²) < 4.78 is 1.24. The van der Waals surface area contributed by atoms with Crippen molar-refractivity contribution in [2.24, 2.45) is 0 Å². The van der Waals surface area contributed by atoms with Gasteiger partial charge < -0.3 is 10.6 Å². The predicted molar refractivity (Wildman–Crippen MR) is 110 cm³/mol. The number of benzene rings is 1. The second kappa shape index (κ2) is 7.88. The molecule has 3 heterocycles. The maximum Gasteiger partial charge on any atom is 0.223 e. The molecule has 0 bridgehead atoms. The van der Waals surface area contributed by atoms with Crippen molar-refractivity contribution in [1.29, 1.82) is 0 Å². The lowest BCUT2D eigenvalue weighted by Gasteiger charge is -2.33. The molecule has 1 aliphatic rings. The monoisotopic (exact) mass is 387 g/mol. The molecule has 0 amide bonds. The topological polar surface area (TPSA) is 53.1 Å². The number of nitrogens with one attached hydrogen (secondary N) is 2. The number of nitrogens with zero attached hydrogens (tertiary/aromatic N) is 3. The molecule has 0 radical (unpaired) electrons. The molecule has 3 aromatic rings. The van der Waals surface area contributed by atoms with E-state index in [0.29, 0.717) is 17.0 Å². The van der Waals surface area contributed by atoms with E-state index in [1.54, 1.807) is 17.5 Å². The second-order valence-corrected chi connectivity index (χ2v) is 8.05. The van der Waals surface area contributed by atoms with Gasteiger partial charge in [-0.25, -0.2) is 9.97 Å². The first-order valence-corrected chi connectivity index (χ1v) is 10.1. The number of thiophene rings is 1. The molecule has 4 rings (SSSR count). The van der Waals surface area contributed by atoms with Crippen molar-refractivity contribution in [2.75, 3.05) is 38.0 Å². The number of hydrogen-bond donors (Lipinski definition) is 2. The van der Waals surface area contributed by atoms with Gasteiger partial charge in [0.05, 0.1) is 16.1 Å². The van der Waals surface area contributed by atoms with Gasteiger partial charge in [0.15, 0.2) is 0 Å². The highest BCUT2D eigenvalue weighted by Gasteiger charge is 2.17. The summed E-state index contributed by atoms with van der Waals surface area (Å²) in [5, 5.41) is 8.55. The number of piperazine rings is 1. The first-order chi connectivity index (χ1) is 12.7. The van der Waals surface area contributed by atoms with Crippen LogP contribution in [0.25, 0.3) is 20.7 Å². The van der Waals surface area contributed by atoms with E-state index in [-0.39, 0.29) is 0 Å². The summed E-state index contributed by atoms with van der Waals surface area (Å²) in [6.07, 6.45) is 1.68. The molecule has 1 aliphatic heterocycles. The number of fused-ring (bicyclic) bond motifs is 1. The molecule has 1 saturated heterocycles. The van der Waals surface area contributed by atoms with E-state index in [1.165, 1.54) is 10.1 Å². The maximum atomic E-state index is 6.37. The average molecular weight is 388 g/mol. The molecular formula is C19H22ClN5S. The first kappa shape index (κ1) is 17.7. The Morgan fingerprint density at radius 2 is 2.27 bits per heavy atom. The first-order valence-electron chi connectivity index (χ1n) is 8.91. The second-order valence-electron chi connectivity index (χ2n) is 6.55. The minimum absolute atomic E-state index is 0.561. The van der Waals surface area contributed by atoms with Gasteiger partial charge in [0.2, 0.25) is 5.95 Å². The third-order valence-electron chi connectivity index (χ3n) is 4.72. The number of rotatable bonds is 5. The smallest absolute Gasteiger partial charge is 0.223 e. The summed E-state index contributed by atoms with van der Waals surface area (Å²) in [6, 6.07) is 11.0. The molecule has 1 fully saturated rings. The zero-order valence-corrected chi connectivity index (χ0v) is 16.3. The van der Waals surface area contributed by atoms with Gasteiger partial charge in [-0.15, -0.1) is 11.3 Å². The lowest BCUT2D eigenvalue weighted by Crippen LogP contribution is -2.50. The Labute approximate surface area is 162 Å². The Kier molecular flexibility index (Phi) is 5.36. The Bertz CT molecular complexity index is 864. The average Bonchev–Trinajstić information content (AvgIpc) is 3.08. The minimum Gasteiger partial charge on any atom is -0.353 e. The molecule has 7 heteroatoms. The molecule has 1 atom stereocenters. The van der Waals surface area contributed by atoms with Crippen LogP contribution in [0, 0.1) is 0 Å². The summed E-state index contributed by atoms with van der Waals surface area (Å²) in [4.78, 5) is 12.5. The van der Waals surface area contributed by atoms with Gasteiger partial charge >= 0.3 is 0 Å². The van der Waals surface area contributed by atoms with Crippen LogP contribution in [0.5, 0.6) is 0 Å². The van der Waals surface area contributed by atoms with Gasteiger partial charge in [-0.05, 0) is 24.4 Å². The van der Waals surface area contributed by atoms with E-state index >= 15 is 0 Å². The highest BCUT2D eigenvalue weighted by molar-refractivity contribution is 7.22. The van der Waals surface area contributed by atoms with E-state index in [1.807, 2.05) is 12.1 Å². The van der Waals surface area contributed by atoms with Crippen LogP contribution in [0.15, 0.2) is 36.5 Å². The highest BCUT2D eigenvalue weighted by atomic mass is 35.5. The van der Waals surface area contributed by atoms with Crippen LogP contribution in [0.4, 0.5) is 5.95 Å². The van der Waals surface area contributed by atoms with Crippen molar-refractivity contribution in [1.82, 2.24) is 20.2 Å². The number of anilines is 1. The fraction of sp³-hybridized carbons (Fsp3) is 0.368. The number of aromatic nitrogens is 2. The lowest BCUT2D eigenvalue weighted by molar-refractivity contribution is 0.180. The van der Waals surface area contributed by atoms with Crippen molar-refractivity contribution in [3.63, 3.8) is 0 Å². The fourth-order valence-electron chi connectivity index (χ4n) is 3.25. The zero-order valence-electron chi connectivity index (χ0n) is 14.7. The summed E-state index contributed by atoms with van der Waals surface area (Å²) in [7, 11) is 0. The van der Waals surface area contributed by atoms with E-state index in [2.05, 4.69) is 50.6 Å². The normalized spacial score (nSPS) is 18.3. The largest absolute Gasteiger partial charge is 0.353 e. The molecule has 2 N–H and O–H groups in total. The van der Waals surface area contributed by atoms with E-state index in [4.69, 9.17) is 11.6 Å². The van der Waals surface area contributed by atoms with Gasteiger partial charge in [0.1, 0.15) is 5.69 Å². The van der Waals surface area contributed by atoms with Crippen LogP contribution < -0.4 is 10.6 Å². The molecule has 2 aromatic heterocycles. The van der Waals surface area contributed by atoms with Crippen LogP contribution in [0.2, 0.25) is 5.02 Å². The molecule has 5 nitrogen and oxygen atoms in total. The van der Waals surface area contributed by atoms with Crippen LogP contribution in [-0.4, -0.2) is 53.6 Å². The summed E-state index contributed by atoms with van der Waals surface area (Å²) in [5.41, 5.74) is 0.793. The Morgan fingerprint density at radius 3 is 3.12 bits per heavy atom. The molecule has 0 unspecified atom stereocenters. The van der Waals surface area contributed by atoms with Crippen molar-refractivity contribution >= 4 is 39.0 Å². The third-order valence-corrected chi connectivity index (χ3v) is 6.12. The molecule has 136 valence electrons. The van der Waals surface area contributed by atoms with Crippen LogP contribution in [0.3, 0.4) is 0 Å². The number of halogens is 1. The van der Waals surface area contributed by atoms with Gasteiger partial charge in [0.25, 0.3) is 0 Å². The molecule has 26 heavy (non-hydrogen) atoms. The van der Waals surface area contributed by atoms with E-state index in [0.717, 1.165) is 43.3 Å². The lowest BCUT2D eigenvalue weighted by atomic mass is 10.2. The molecule has 0 spiro atoms. The molecule has 1 aromatic carbocycles. The van der Waals surface area contributed by atoms with Gasteiger partial charge in [0, 0.05) is 43.5 Å². The third kappa shape index (κ3) is 3.83. The molecule has 0 saturated carbocycles. The Morgan fingerprint density at radius 1 is 1.38 bits per heavy atom. The predicted octanol–water partition coefficient (Wildman–Crippen LogP) is 3.72. The summed E-state index contributed by atoms with van der Waals surface area (Å²) in [6.45, 7) is 7.23. The zero-order chi connectivity index (χ0) is 17.9. The Hall–Kier alpha value is -1.73. The highest BCUT2D eigenvalue weighted by Crippen LogP contribution is 2.35. The van der Waals surface area contributed by atoms with Gasteiger partial charge in [-0.1, -0.05) is 29.8 Å². The van der Waals surface area contributed by atoms with Crippen LogP contribution in [-0.2, 0) is 0 Å². The van der Waals surface area contributed by atoms with Crippen molar-refractivity contribution < 1.29 is 0 Å². The fourth-order valence-corrected chi connectivity index (χ4v) is 4.57. The minimum atomic E-state index is 0.561. The molecular weight excluding hydrogens is 366 g/mol. The number of hydrogen-bond acceptors (Lipinski definition) is 6. The Balaban J connectivity index is 1.47. The molecule has 0 aliphatic carbocycles. The van der Waals surface area contributed by atoms with Gasteiger partial charge in [-0.3, -0.25) is 4.90 Å². The van der Waals surface area contributed by atoms with E-state index < -0.39 is 0 Å². The van der Waals surface area contributed by atoms with E-state index in [9.17, 15) is 0 Å². The summed E-state index contributed by atoms with van der Waals surface area (Å²) in [5.74, 6) is 0.629.